The van der Waals surface area contributed by atoms with Gasteiger partial charge in [0, 0.05) is 13.1 Å². The Hall–Kier alpha value is -2.56. The van der Waals surface area contributed by atoms with Gasteiger partial charge in [0.25, 0.3) is 5.91 Å². The standard InChI is InChI=1S/C24H32N2O3/c1-4-6-18-8-10-19(11-9-18)22(17(2)3)25-23(27)20-7-5-13-26(15-20)24(28)21-12-14-29-16-21/h8-12,14,16-17,20,22H,4-7,13,15H2,1-3H3,(H,25,27). The van der Waals surface area contributed by atoms with E-state index >= 15 is 0 Å². The molecule has 2 heterocycles. The third-order valence-corrected chi connectivity index (χ3v) is 5.69. The summed E-state index contributed by atoms with van der Waals surface area (Å²) in [6, 6.07) is 10.2. The number of nitrogens with one attached hydrogen (secondary N) is 1. The molecule has 1 aromatic heterocycles. The SMILES string of the molecule is CCCc1ccc(C(NC(=O)C2CCCN(C(=O)c3ccoc3)C2)C(C)C)cc1. The van der Waals surface area contributed by atoms with Crippen LogP contribution in [0.2, 0.25) is 0 Å². The summed E-state index contributed by atoms with van der Waals surface area (Å²) in [6.45, 7) is 7.56. The molecule has 156 valence electrons. The highest BCUT2D eigenvalue weighted by Gasteiger charge is 2.31. The van der Waals surface area contributed by atoms with Crippen molar-refractivity contribution in [2.24, 2.45) is 11.8 Å². The topological polar surface area (TPSA) is 62.6 Å². The molecule has 0 aliphatic carbocycles. The van der Waals surface area contributed by atoms with E-state index in [2.05, 4.69) is 50.4 Å². The number of rotatable bonds is 7. The summed E-state index contributed by atoms with van der Waals surface area (Å²) in [7, 11) is 0. The molecule has 0 spiro atoms. The second-order valence-corrected chi connectivity index (χ2v) is 8.32. The molecule has 2 amide bonds. The second kappa shape index (κ2) is 9.77. The number of hydrogen-bond donors (Lipinski definition) is 1. The highest BCUT2D eigenvalue weighted by atomic mass is 16.3. The van der Waals surface area contributed by atoms with Crippen LogP contribution in [0.3, 0.4) is 0 Å². The van der Waals surface area contributed by atoms with Crippen LogP contribution < -0.4 is 5.32 Å². The predicted molar refractivity (Wildman–Crippen MR) is 113 cm³/mol. The van der Waals surface area contributed by atoms with Gasteiger partial charge in [0.15, 0.2) is 0 Å². The monoisotopic (exact) mass is 396 g/mol. The molecule has 3 rings (SSSR count). The Kier molecular flexibility index (Phi) is 7.13. The summed E-state index contributed by atoms with van der Waals surface area (Å²) < 4.78 is 5.03. The lowest BCUT2D eigenvalue weighted by molar-refractivity contribution is -0.127. The summed E-state index contributed by atoms with van der Waals surface area (Å²) in [6.07, 6.45) is 6.80. The molecule has 1 aromatic carbocycles. The third kappa shape index (κ3) is 5.28. The first-order chi connectivity index (χ1) is 14.0. The minimum Gasteiger partial charge on any atom is -0.472 e. The normalized spacial score (nSPS) is 17.9. The maximum atomic E-state index is 13.0. The number of benzene rings is 1. The van der Waals surface area contributed by atoms with Crippen molar-refractivity contribution in [2.75, 3.05) is 13.1 Å². The summed E-state index contributed by atoms with van der Waals surface area (Å²) in [4.78, 5) is 27.4. The minimum absolute atomic E-state index is 0.0295. The largest absolute Gasteiger partial charge is 0.472 e. The Bertz CT molecular complexity index is 796. The summed E-state index contributed by atoms with van der Waals surface area (Å²) >= 11 is 0. The van der Waals surface area contributed by atoms with Crippen LogP contribution in [0.5, 0.6) is 0 Å². The Labute approximate surface area is 173 Å². The quantitative estimate of drug-likeness (QED) is 0.744. The predicted octanol–water partition coefficient (Wildman–Crippen LogP) is 4.60. The molecule has 1 fully saturated rings. The molecule has 0 saturated carbocycles. The summed E-state index contributed by atoms with van der Waals surface area (Å²) in [5, 5.41) is 3.25. The number of piperidine rings is 1. The van der Waals surface area contributed by atoms with Gasteiger partial charge in [-0.1, -0.05) is 51.5 Å². The number of amides is 2. The van der Waals surface area contributed by atoms with Crippen molar-refractivity contribution in [3.8, 4) is 0 Å². The van der Waals surface area contributed by atoms with E-state index in [1.807, 2.05) is 0 Å². The molecule has 0 bridgehead atoms. The lowest BCUT2D eigenvalue weighted by atomic mass is 9.92. The zero-order chi connectivity index (χ0) is 20.8. The van der Waals surface area contributed by atoms with Crippen molar-refractivity contribution in [1.29, 1.82) is 0 Å². The van der Waals surface area contributed by atoms with Crippen molar-refractivity contribution in [3.63, 3.8) is 0 Å². The summed E-state index contributed by atoms with van der Waals surface area (Å²) in [5.74, 6) is 0.0673. The first kappa shape index (κ1) is 21.2. The second-order valence-electron chi connectivity index (χ2n) is 8.32. The van der Waals surface area contributed by atoms with E-state index in [0.717, 1.165) is 31.2 Å². The van der Waals surface area contributed by atoms with E-state index in [-0.39, 0.29) is 29.7 Å². The average molecular weight is 397 g/mol. The van der Waals surface area contributed by atoms with Gasteiger partial charge in [-0.25, -0.2) is 0 Å². The van der Waals surface area contributed by atoms with Gasteiger partial charge in [0.2, 0.25) is 5.91 Å². The maximum Gasteiger partial charge on any atom is 0.257 e. The maximum absolute atomic E-state index is 13.0. The Morgan fingerprint density at radius 1 is 1.21 bits per heavy atom. The van der Waals surface area contributed by atoms with E-state index in [1.165, 1.54) is 18.1 Å². The van der Waals surface area contributed by atoms with Crippen LogP contribution in [-0.4, -0.2) is 29.8 Å². The molecular weight excluding hydrogens is 364 g/mol. The molecule has 2 atom stereocenters. The fourth-order valence-corrected chi connectivity index (χ4v) is 4.03. The molecule has 2 unspecified atom stereocenters. The molecule has 5 heteroatoms. The molecule has 1 saturated heterocycles. The van der Waals surface area contributed by atoms with Crippen molar-refractivity contribution in [3.05, 3.63) is 59.5 Å². The van der Waals surface area contributed by atoms with Gasteiger partial charge in [-0.05, 0) is 42.4 Å². The lowest BCUT2D eigenvalue weighted by Gasteiger charge is -2.33. The van der Waals surface area contributed by atoms with Gasteiger partial charge in [-0.3, -0.25) is 9.59 Å². The lowest BCUT2D eigenvalue weighted by Crippen LogP contribution is -2.46. The molecule has 1 aliphatic rings. The van der Waals surface area contributed by atoms with Gasteiger partial charge in [0.1, 0.15) is 6.26 Å². The van der Waals surface area contributed by atoms with Crippen LogP contribution in [0.25, 0.3) is 0 Å². The van der Waals surface area contributed by atoms with E-state index < -0.39 is 0 Å². The van der Waals surface area contributed by atoms with Crippen molar-refractivity contribution in [2.45, 2.75) is 52.5 Å². The smallest absolute Gasteiger partial charge is 0.257 e. The Balaban J connectivity index is 1.65. The van der Waals surface area contributed by atoms with Crippen LogP contribution in [0.4, 0.5) is 0 Å². The molecule has 5 nitrogen and oxygen atoms in total. The number of aryl methyl sites for hydroxylation is 1. The van der Waals surface area contributed by atoms with E-state index in [1.54, 1.807) is 11.0 Å². The van der Waals surface area contributed by atoms with Crippen LogP contribution in [0.1, 0.15) is 67.6 Å². The average Bonchev–Trinajstić information content (AvgIpc) is 3.27. The van der Waals surface area contributed by atoms with Crippen LogP contribution in [0, 0.1) is 11.8 Å². The molecule has 1 aliphatic heterocycles. The molecule has 0 radical (unpaired) electrons. The molecule has 1 N–H and O–H groups in total. The van der Waals surface area contributed by atoms with Crippen molar-refractivity contribution < 1.29 is 14.0 Å². The highest BCUT2D eigenvalue weighted by molar-refractivity contribution is 5.94. The van der Waals surface area contributed by atoms with Gasteiger partial charge in [-0.2, -0.15) is 0 Å². The van der Waals surface area contributed by atoms with Gasteiger partial charge in [-0.15, -0.1) is 0 Å². The van der Waals surface area contributed by atoms with Crippen LogP contribution >= 0.6 is 0 Å². The molecule has 29 heavy (non-hydrogen) atoms. The first-order valence-corrected chi connectivity index (χ1v) is 10.7. The van der Waals surface area contributed by atoms with Crippen molar-refractivity contribution >= 4 is 11.8 Å². The number of likely N-dealkylation sites (tertiary alicyclic amines) is 1. The zero-order valence-electron chi connectivity index (χ0n) is 17.7. The first-order valence-electron chi connectivity index (χ1n) is 10.7. The Morgan fingerprint density at radius 2 is 1.97 bits per heavy atom. The Morgan fingerprint density at radius 3 is 2.59 bits per heavy atom. The highest BCUT2D eigenvalue weighted by Crippen LogP contribution is 2.25. The van der Waals surface area contributed by atoms with Gasteiger partial charge < -0.3 is 14.6 Å². The van der Waals surface area contributed by atoms with E-state index in [9.17, 15) is 9.59 Å². The fraction of sp³-hybridized carbons (Fsp3) is 0.500. The minimum atomic E-state index is -0.180. The number of carbonyl (C=O) groups is 2. The van der Waals surface area contributed by atoms with Crippen LogP contribution in [0.15, 0.2) is 47.3 Å². The number of nitrogens with zero attached hydrogens (tertiary/aromatic N) is 1. The van der Waals surface area contributed by atoms with E-state index in [4.69, 9.17) is 4.42 Å². The number of carbonyl (C=O) groups excluding carboxylic acids is 2. The fourth-order valence-electron chi connectivity index (χ4n) is 4.03. The van der Waals surface area contributed by atoms with Crippen molar-refractivity contribution in [1.82, 2.24) is 10.2 Å². The van der Waals surface area contributed by atoms with Crippen LogP contribution in [-0.2, 0) is 11.2 Å². The van der Waals surface area contributed by atoms with Gasteiger partial charge >= 0.3 is 0 Å². The van der Waals surface area contributed by atoms with E-state index in [0.29, 0.717) is 18.7 Å². The molecular formula is C24H32N2O3. The number of furan rings is 1. The van der Waals surface area contributed by atoms with Gasteiger partial charge in [0.05, 0.1) is 23.8 Å². The zero-order valence-corrected chi connectivity index (χ0v) is 17.7. The third-order valence-electron chi connectivity index (χ3n) is 5.69. The number of hydrogen-bond acceptors (Lipinski definition) is 3. The summed E-state index contributed by atoms with van der Waals surface area (Å²) in [5.41, 5.74) is 3.00. The molecule has 2 aromatic rings.